The first-order valence-corrected chi connectivity index (χ1v) is 12.0. The molecule has 172 valence electrons. The van der Waals surface area contributed by atoms with Crippen LogP contribution in [-0.4, -0.2) is 0 Å². The lowest BCUT2D eigenvalue weighted by Gasteiger charge is -2.30. The van der Waals surface area contributed by atoms with E-state index in [1.807, 2.05) is 39.8 Å². The van der Waals surface area contributed by atoms with Crippen molar-refractivity contribution in [2.75, 3.05) is 0 Å². The molecule has 0 fully saturated rings. The summed E-state index contributed by atoms with van der Waals surface area (Å²) in [5.41, 5.74) is 5.55. The van der Waals surface area contributed by atoms with Crippen molar-refractivity contribution in [1.82, 2.24) is 0 Å². The summed E-state index contributed by atoms with van der Waals surface area (Å²) >= 11 is 0. The Morgan fingerprint density at radius 1 is 0.903 bits per heavy atom. The van der Waals surface area contributed by atoms with Crippen LogP contribution in [0.5, 0.6) is 0 Å². The molecule has 0 aliphatic carbocycles. The third-order valence-corrected chi connectivity index (χ3v) is 5.35. The molecular formula is C30H45F. The number of benzene rings is 2. The van der Waals surface area contributed by atoms with Crippen LogP contribution in [0.25, 0.3) is 0 Å². The first kappa shape index (κ1) is 28.9. The van der Waals surface area contributed by atoms with Crippen molar-refractivity contribution < 1.29 is 4.39 Å². The van der Waals surface area contributed by atoms with Gasteiger partial charge in [-0.25, -0.2) is 4.39 Å². The summed E-state index contributed by atoms with van der Waals surface area (Å²) in [7, 11) is 0. The molecule has 2 aromatic carbocycles. The van der Waals surface area contributed by atoms with Crippen molar-refractivity contribution in [2.45, 2.75) is 86.5 Å². The largest absolute Gasteiger partial charge is 0.207 e. The zero-order valence-electron chi connectivity index (χ0n) is 21.3. The Hall–Kier alpha value is -2.15. The van der Waals surface area contributed by atoms with Gasteiger partial charge >= 0.3 is 0 Å². The zero-order chi connectivity index (χ0) is 24.0. The minimum atomic E-state index is -0.159. The summed E-state index contributed by atoms with van der Waals surface area (Å²) in [5.74, 6) is 0.808. The molecule has 0 spiro atoms. The Labute approximate surface area is 192 Å². The molecule has 0 radical (unpaired) electrons. The summed E-state index contributed by atoms with van der Waals surface area (Å²) < 4.78 is 14.2. The molecule has 0 aromatic heterocycles. The highest BCUT2D eigenvalue weighted by Gasteiger charge is 2.26. The van der Waals surface area contributed by atoms with E-state index in [1.165, 1.54) is 17.2 Å². The minimum Gasteiger partial charge on any atom is -0.207 e. The SMILES string of the molecule is C=C(C)C(C(=C)Cc1ccccc1F)C(CCC)c1cccc(C(C)C)c1.CC.CC. The van der Waals surface area contributed by atoms with Crippen molar-refractivity contribution in [1.29, 1.82) is 0 Å². The Morgan fingerprint density at radius 3 is 2.00 bits per heavy atom. The normalized spacial score (nSPS) is 12.1. The van der Waals surface area contributed by atoms with E-state index in [9.17, 15) is 4.39 Å². The van der Waals surface area contributed by atoms with Crippen LogP contribution in [0.1, 0.15) is 96.8 Å². The van der Waals surface area contributed by atoms with E-state index in [-0.39, 0.29) is 11.7 Å². The Morgan fingerprint density at radius 2 is 1.48 bits per heavy atom. The highest BCUT2D eigenvalue weighted by molar-refractivity contribution is 5.35. The molecule has 0 aliphatic rings. The average molecular weight is 425 g/mol. The molecule has 0 saturated heterocycles. The number of halogens is 1. The monoisotopic (exact) mass is 424 g/mol. The van der Waals surface area contributed by atoms with Gasteiger partial charge in [0.05, 0.1) is 0 Å². The summed E-state index contributed by atoms with van der Waals surface area (Å²) in [6, 6.07) is 15.9. The molecule has 0 saturated carbocycles. The van der Waals surface area contributed by atoms with Crippen molar-refractivity contribution in [2.24, 2.45) is 5.92 Å². The van der Waals surface area contributed by atoms with Crippen LogP contribution in [0.3, 0.4) is 0 Å². The predicted molar refractivity (Wildman–Crippen MR) is 138 cm³/mol. The van der Waals surface area contributed by atoms with Crippen molar-refractivity contribution in [3.8, 4) is 0 Å². The van der Waals surface area contributed by atoms with Gasteiger partial charge in [-0.05, 0) is 54.4 Å². The third kappa shape index (κ3) is 8.85. The highest BCUT2D eigenvalue weighted by atomic mass is 19.1. The van der Waals surface area contributed by atoms with Crippen LogP contribution in [0.15, 0.2) is 72.8 Å². The fraction of sp³-hybridized carbons (Fsp3) is 0.467. The molecule has 2 unspecified atom stereocenters. The fourth-order valence-electron chi connectivity index (χ4n) is 3.96. The lowest BCUT2D eigenvalue weighted by Crippen LogP contribution is -2.18. The maximum atomic E-state index is 14.2. The number of rotatable bonds is 9. The van der Waals surface area contributed by atoms with E-state index in [2.05, 4.69) is 65.1 Å². The van der Waals surface area contributed by atoms with Crippen LogP contribution in [0.2, 0.25) is 0 Å². The van der Waals surface area contributed by atoms with E-state index in [0.29, 0.717) is 23.8 Å². The Balaban J connectivity index is 0.00000212. The van der Waals surface area contributed by atoms with Gasteiger partial charge in [0.15, 0.2) is 0 Å². The summed E-state index contributed by atoms with van der Waals surface area (Å²) in [6.45, 7) is 25.4. The molecule has 0 bridgehead atoms. The summed E-state index contributed by atoms with van der Waals surface area (Å²) in [4.78, 5) is 0. The molecular weight excluding hydrogens is 379 g/mol. The second-order valence-electron chi connectivity index (χ2n) is 7.97. The average Bonchev–Trinajstić information content (AvgIpc) is 2.77. The quantitative estimate of drug-likeness (QED) is 0.351. The van der Waals surface area contributed by atoms with Crippen molar-refractivity contribution in [3.05, 3.63) is 95.3 Å². The van der Waals surface area contributed by atoms with Crippen LogP contribution in [0, 0.1) is 11.7 Å². The van der Waals surface area contributed by atoms with Gasteiger partial charge in [-0.3, -0.25) is 0 Å². The molecule has 2 aromatic rings. The minimum absolute atomic E-state index is 0.145. The van der Waals surface area contributed by atoms with Crippen LogP contribution in [0.4, 0.5) is 4.39 Å². The Kier molecular flexibility index (Phi) is 14.5. The molecule has 0 N–H and O–H groups in total. The van der Waals surface area contributed by atoms with E-state index in [0.717, 1.165) is 24.0 Å². The zero-order valence-corrected chi connectivity index (χ0v) is 21.3. The molecule has 0 aliphatic heterocycles. The molecule has 1 heteroatoms. The lowest BCUT2D eigenvalue weighted by atomic mass is 9.74. The molecule has 2 rings (SSSR count). The molecule has 2 atom stereocenters. The van der Waals surface area contributed by atoms with Crippen molar-refractivity contribution >= 4 is 0 Å². The second kappa shape index (κ2) is 15.6. The first-order chi connectivity index (χ1) is 14.8. The third-order valence-electron chi connectivity index (χ3n) is 5.35. The van der Waals surface area contributed by atoms with Gasteiger partial charge in [0, 0.05) is 5.92 Å². The second-order valence-corrected chi connectivity index (χ2v) is 7.97. The van der Waals surface area contributed by atoms with Crippen LogP contribution in [-0.2, 0) is 6.42 Å². The van der Waals surface area contributed by atoms with E-state index < -0.39 is 0 Å². The summed E-state index contributed by atoms with van der Waals surface area (Å²) in [5, 5.41) is 0. The molecule has 0 amide bonds. The Bertz CT molecular complexity index is 785. The molecule has 0 heterocycles. The van der Waals surface area contributed by atoms with Crippen molar-refractivity contribution in [3.63, 3.8) is 0 Å². The van der Waals surface area contributed by atoms with Gasteiger partial charge in [-0.15, -0.1) is 0 Å². The van der Waals surface area contributed by atoms with Crippen LogP contribution >= 0.6 is 0 Å². The standard InChI is InChI=1S/C26H33F.2C2H6/c1-7-11-24(22-14-10-13-21(17-22)18(2)3)26(19(4)5)20(6)16-23-12-8-9-15-25(23)27;2*1-2/h8-10,12-15,17-18,24,26H,4,6-7,11,16H2,1-3,5H3;2*1-2H3. The lowest BCUT2D eigenvalue weighted by molar-refractivity contribution is 0.494. The number of allylic oxidation sites excluding steroid dienone is 2. The van der Waals surface area contributed by atoms with Gasteiger partial charge in [-0.1, -0.05) is 122 Å². The maximum Gasteiger partial charge on any atom is 0.126 e. The highest BCUT2D eigenvalue weighted by Crippen LogP contribution is 2.39. The van der Waals surface area contributed by atoms with E-state index >= 15 is 0 Å². The van der Waals surface area contributed by atoms with Gasteiger partial charge in [0.25, 0.3) is 0 Å². The van der Waals surface area contributed by atoms with Gasteiger partial charge in [0.1, 0.15) is 5.82 Å². The first-order valence-electron chi connectivity index (χ1n) is 12.0. The topological polar surface area (TPSA) is 0 Å². The van der Waals surface area contributed by atoms with Gasteiger partial charge in [0.2, 0.25) is 0 Å². The molecule has 0 nitrogen and oxygen atoms in total. The summed E-state index contributed by atoms with van der Waals surface area (Å²) in [6.07, 6.45) is 2.71. The van der Waals surface area contributed by atoms with Gasteiger partial charge in [-0.2, -0.15) is 0 Å². The van der Waals surface area contributed by atoms with Crippen LogP contribution < -0.4 is 0 Å². The molecule has 31 heavy (non-hydrogen) atoms. The number of hydrogen-bond acceptors (Lipinski definition) is 0. The predicted octanol–water partition coefficient (Wildman–Crippen LogP) is 9.88. The van der Waals surface area contributed by atoms with Gasteiger partial charge < -0.3 is 0 Å². The van der Waals surface area contributed by atoms with E-state index in [4.69, 9.17) is 0 Å². The fourth-order valence-corrected chi connectivity index (χ4v) is 3.96. The number of hydrogen-bond donors (Lipinski definition) is 0. The van der Waals surface area contributed by atoms with E-state index in [1.54, 1.807) is 6.07 Å². The maximum absolute atomic E-state index is 14.2. The smallest absolute Gasteiger partial charge is 0.126 e.